The SMILES string of the molecule is O=C(O)/C=C/c1cccc(F)c1Oc1ccc(F)cc1Cl. The molecule has 0 aliphatic heterocycles. The standard InChI is InChI=1S/C15H9ClF2O3/c16-11-8-10(17)5-6-13(11)21-15-9(4-7-14(19)20)2-1-3-12(15)18/h1-8H,(H,19,20)/b7-4+. The number of hydrogen-bond acceptors (Lipinski definition) is 2. The maximum atomic E-state index is 13.8. The monoisotopic (exact) mass is 310 g/mol. The zero-order valence-corrected chi connectivity index (χ0v) is 11.3. The largest absolute Gasteiger partial charge is 0.478 e. The Bertz CT molecular complexity index is 714. The molecular formula is C15H9ClF2O3. The lowest BCUT2D eigenvalue weighted by atomic mass is 10.1. The number of aliphatic carboxylic acids is 1. The highest BCUT2D eigenvalue weighted by atomic mass is 35.5. The Kier molecular flexibility index (Phi) is 4.55. The predicted octanol–water partition coefficient (Wildman–Crippen LogP) is 4.51. The lowest BCUT2D eigenvalue weighted by molar-refractivity contribution is -0.131. The summed E-state index contributed by atoms with van der Waals surface area (Å²) < 4.78 is 32.2. The van der Waals surface area contributed by atoms with Gasteiger partial charge >= 0.3 is 5.97 Å². The van der Waals surface area contributed by atoms with Crippen LogP contribution in [0, 0.1) is 11.6 Å². The normalized spacial score (nSPS) is 10.8. The number of carboxylic acid groups (broad SMARTS) is 1. The minimum absolute atomic E-state index is 0.0218. The van der Waals surface area contributed by atoms with Crippen molar-refractivity contribution in [1.82, 2.24) is 0 Å². The topological polar surface area (TPSA) is 46.5 Å². The van der Waals surface area contributed by atoms with Crippen molar-refractivity contribution in [2.45, 2.75) is 0 Å². The van der Waals surface area contributed by atoms with Crippen molar-refractivity contribution in [1.29, 1.82) is 0 Å². The molecule has 0 unspecified atom stereocenters. The van der Waals surface area contributed by atoms with Crippen LogP contribution < -0.4 is 4.74 Å². The molecule has 0 aliphatic rings. The van der Waals surface area contributed by atoms with Gasteiger partial charge in [0.15, 0.2) is 11.6 Å². The predicted molar refractivity (Wildman–Crippen MR) is 74.6 cm³/mol. The average Bonchev–Trinajstić information content (AvgIpc) is 2.42. The van der Waals surface area contributed by atoms with Gasteiger partial charge in [-0.1, -0.05) is 23.7 Å². The van der Waals surface area contributed by atoms with Gasteiger partial charge in [0.1, 0.15) is 11.6 Å². The van der Waals surface area contributed by atoms with E-state index in [1.165, 1.54) is 24.3 Å². The van der Waals surface area contributed by atoms with Gasteiger partial charge in [-0.2, -0.15) is 0 Å². The van der Waals surface area contributed by atoms with Gasteiger partial charge in [0, 0.05) is 11.6 Å². The second-order valence-electron chi connectivity index (χ2n) is 4.01. The van der Waals surface area contributed by atoms with Crippen LogP contribution in [0.25, 0.3) is 6.08 Å². The zero-order valence-electron chi connectivity index (χ0n) is 10.5. The summed E-state index contributed by atoms with van der Waals surface area (Å²) in [5, 5.41) is 8.59. The summed E-state index contributed by atoms with van der Waals surface area (Å²) in [5.74, 6) is -2.54. The molecule has 0 aromatic heterocycles. The van der Waals surface area contributed by atoms with Crippen LogP contribution in [-0.2, 0) is 4.79 Å². The Balaban J connectivity index is 2.41. The van der Waals surface area contributed by atoms with E-state index in [4.69, 9.17) is 21.4 Å². The summed E-state index contributed by atoms with van der Waals surface area (Å²) in [6.07, 6.45) is 2.05. The van der Waals surface area contributed by atoms with Gasteiger partial charge in [0.05, 0.1) is 5.02 Å². The summed E-state index contributed by atoms with van der Waals surface area (Å²) in [6.45, 7) is 0. The molecule has 3 nitrogen and oxygen atoms in total. The van der Waals surface area contributed by atoms with Crippen LogP contribution in [0.15, 0.2) is 42.5 Å². The molecule has 6 heteroatoms. The molecule has 0 saturated heterocycles. The maximum absolute atomic E-state index is 13.8. The van der Waals surface area contributed by atoms with Crippen molar-refractivity contribution >= 4 is 23.6 Å². The van der Waals surface area contributed by atoms with E-state index in [1.54, 1.807) is 0 Å². The molecule has 0 amide bonds. The molecule has 2 rings (SSSR count). The second-order valence-corrected chi connectivity index (χ2v) is 4.41. The molecule has 108 valence electrons. The van der Waals surface area contributed by atoms with Gasteiger partial charge in [-0.25, -0.2) is 13.6 Å². The van der Waals surface area contributed by atoms with Crippen molar-refractivity contribution in [2.75, 3.05) is 0 Å². The number of rotatable bonds is 4. The summed E-state index contributed by atoms with van der Waals surface area (Å²) in [4.78, 5) is 10.5. The summed E-state index contributed by atoms with van der Waals surface area (Å²) in [7, 11) is 0. The van der Waals surface area contributed by atoms with Crippen molar-refractivity contribution in [2.24, 2.45) is 0 Å². The Morgan fingerprint density at radius 2 is 2.00 bits per heavy atom. The molecule has 0 radical (unpaired) electrons. The van der Waals surface area contributed by atoms with Gasteiger partial charge in [-0.15, -0.1) is 0 Å². The highest BCUT2D eigenvalue weighted by Gasteiger charge is 2.12. The smallest absolute Gasteiger partial charge is 0.328 e. The highest BCUT2D eigenvalue weighted by molar-refractivity contribution is 6.32. The molecule has 0 spiro atoms. The van der Waals surface area contributed by atoms with Crippen LogP contribution >= 0.6 is 11.6 Å². The average molecular weight is 311 g/mol. The zero-order chi connectivity index (χ0) is 15.4. The lowest BCUT2D eigenvalue weighted by Crippen LogP contribution is -1.93. The quantitative estimate of drug-likeness (QED) is 0.845. The molecular weight excluding hydrogens is 302 g/mol. The van der Waals surface area contributed by atoms with Crippen molar-refractivity contribution in [3.63, 3.8) is 0 Å². The molecule has 1 N–H and O–H groups in total. The number of para-hydroxylation sites is 1. The third kappa shape index (κ3) is 3.79. The molecule has 2 aromatic rings. The van der Waals surface area contributed by atoms with Gasteiger partial charge in [-0.05, 0) is 30.3 Å². The second kappa shape index (κ2) is 6.37. The number of halogens is 3. The number of carbonyl (C=O) groups is 1. The minimum atomic E-state index is -1.18. The third-order valence-electron chi connectivity index (χ3n) is 2.51. The van der Waals surface area contributed by atoms with Gasteiger partial charge in [-0.3, -0.25) is 0 Å². The molecule has 2 aromatic carbocycles. The lowest BCUT2D eigenvalue weighted by Gasteiger charge is -2.11. The Labute approximate surface area is 124 Å². The van der Waals surface area contributed by atoms with Crippen molar-refractivity contribution in [3.05, 3.63) is 64.7 Å². The first kappa shape index (κ1) is 15.0. The van der Waals surface area contributed by atoms with E-state index in [2.05, 4.69) is 0 Å². The van der Waals surface area contributed by atoms with Crippen molar-refractivity contribution < 1.29 is 23.4 Å². The van der Waals surface area contributed by atoms with Gasteiger partial charge in [0.25, 0.3) is 0 Å². The molecule has 0 aliphatic carbocycles. The Hall–Kier alpha value is -2.40. The van der Waals surface area contributed by atoms with E-state index in [1.807, 2.05) is 0 Å². The number of hydrogen-bond donors (Lipinski definition) is 1. The van der Waals surface area contributed by atoms with Gasteiger partial charge in [0.2, 0.25) is 0 Å². The molecule has 0 atom stereocenters. The van der Waals surface area contributed by atoms with E-state index < -0.39 is 17.6 Å². The number of carboxylic acids is 1. The molecule has 0 bridgehead atoms. The Morgan fingerprint density at radius 1 is 1.24 bits per heavy atom. The Morgan fingerprint density at radius 3 is 2.67 bits per heavy atom. The summed E-state index contributed by atoms with van der Waals surface area (Å²) >= 11 is 5.81. The fourth-order valence-electron chi connectivity index (χ4n) is 1.59. The maximum Gasteiger partial charge on any atom is 0.328 e. The van der Waals surface area contributed by atoms with E-state index in [-0.39, 0.29) is 22.1 Å². The van der Waals surface area contributed by atoms with Gasteiger partial charge < -0.3 is 9.84 Å². The molecule has 0 fully saturated rings. The molecule has 0 heterocycles. The van der Waals surface area contributed by atoms with Crippen LogP contribution in [0.1, 0.15) is 5.56 Å². The summed E-state index contributed by atoms with van der Waals surface area (Å²) in [5.41, 5.74) is 0.220. The van der Waals surface area contributed by atoms with Crippen LogP contribution in [-0.4, -0.2) is 11.1 Å². The van der Waals surface area contributed by atoms with Crippen LogP contribution in [0.5, 0.6) is 11.5 Å². The highest BCUT2D eigenvalue weighted by Crippen LogP contribution is 2.33. The van der Waals surface area contributed by atoms with E-state index in [0.29, 0.717) is 0 Å². The van der Waals surface area contributed by atoms with E-state index >= 15 is 0 Å². The van der Waals surface area contributed by atoms with E-state index in [0.717, 1.165) is 24.3 Å². The van der Waals surface area contributed by atoms with Crippen LogP contribution in [0.2, 0.25) is 5.02 Å². The first-order valence-electron chi connectivity index (χ1n) is 5.80. The molecule has 0 saturated carbocycles. The summed E-state index contributed by atoms with van der Waals surface area (Å²) in [6, 6.07) is 7.46. The fraction of sp³-hybridized carbons (Fsp3) is 0. The van der Waals surface area contributed by atoms with Crippen molar-refractivity contribution in [3.8, 4) is 11.5 Å². The number of benzene rings is 2. The number of ether oxygens (including phenoxy) is 1. The third-order valence-corrected chi connectivity index (χ3v) is 2.80. The van der Waals surface area contributed by atoms with Crippen LogP contribution in [0.3, 0.4) is 0 Å². The minimum Gasteiger partial charge on any atom is -0.478 e. The first-order valence-corrected chi connectivity index (χ1v) is 6.17. The fourth-order valence-corrected chi connectivity index (χ4v) is 1.80. The molecule has 21 heavy (non-hydrogen) atoms. The first-order chi connectivity index (χ1) is 9.97. The van der Waals surface area contributed by atoms with E-state index in [9.17, 15) is 13.6 Å². The van der Waals surface area contributed by atoms with Crippen LogP contribution in [0.4, 0.5) is 8.78 Å².